The predicted molar refractivity (Wildman–Crippen MR) is 143 cm³/mol. The average Bonchev–Trinajstić information content (AvgIpc) is 2.91. The number of amides is 3. The Labute approximate surface area is 219 Å². The first-order valence-corrected chi connectivity index (χ1v) is 13.3. The molecule has 2 aromatic carbocycles. The zero-order valence-corrected chi connectivity index (χ0v) is 21.9. The lowest BCUT2D eigenvalue weighted by Crippen LogP contribution is -2.49. The van der Waals surface area contributed by atoms with Crippen molar-refractivity contribution in [3.8, 4) is 0 Å². The highest BCUT2D eigenvalue weighted by Crippen LogP contribution is 2.25. The first-order chi connectivity index (χ1) is 17.9. The van der Waals surface area contributed by atoms with Gasteiger partial charge in [-0.2, -0.15) is 0 Å². The summed E-state index contributed by atoms with van der Waals surface area (Å²) in [6.45, 7) is 8.37. The molecule has 198 valence electrons. The van der Waals surface area contributed by atoms with Crippen LogP contribution >= 0.6 is 0 Å². The van der Waals surface area contributed by atoms with Crippen molar-refractivity contribution in [1.82, 2.24) is 15.1 Å². The molecule has 2 aliphatic rings. The Bertz CT molecular complexity index is 1080. The molecule has 1 fully saturated rings. The Kier molecular flexibility index (Phi) is 9.17. The summed E-state index contributed by atoms with van der Waals surface area (Å²) in [4.78, 5) is 41.3. The van der Waals surface area contributed by atoms with E-state index >= 15 is 0 Å². The number of hydrogen-bond acceptors (Lipinski definition) is 5. The fourth-order valence-electron chi connectivity index (χ4n) is 4.83. The maximum Gasteiger partial charge on any atom is 0.407 e. The summed E-state index contributed by atoms with van der Waals surface area (Å²) in [7, 11) is 0. The molecule has 0 saturated carbocycles. The minimum Gasteiger partial charge on any atom is -0.449 e. The lowest BCUT2D eigenvalue weighted by atomic mass is 10.00. The Hall–Kier alpha value is -3.39. The fourth-order valence-corrected chi connectivity index (χ4v) is 4.83. The number of rotatable bonds is 9. The first kappa shape index (κ1) is 26.7. The van der Waals surface area contributed by atoms with Gasteiger partial charge in [-0.15, -0.1) is 0 Å². The summed E-state index contributed by atoms with van der Waals surface area (Å²) in [5.41, 5.74) is 3.60. The summed E-state index contributed by atoms with van der Waals surface area (Å²) < 4.78 is 5.34. The second kappa shape index (κ2) is 12.7. The Balaban J connectivity index is 1.24. The van der Waals surface area contributed by atoms with Gasteiger partial charge in [0, 0.05) is 43.9 Å². The number of alkyl carbamates (subject to hydrolysis) is 1. The number of aryl methyl sites for hydroxylation is 1. The maximum absolute atomic E-state index is 13.1. The number of nitrogens with zero attached hydrogens (tertiary/aromatic N) is 2. The summed E-state index contributed by atoms with van der Waals surface area (Å²) in [6.07, 6.45) is 2.49. The van der Waals surface area contributed by atoms with Crippen LogP contribution in [0.2, 0.25) is 0 Å². The Morgan fingerprint density at radius 3 is 2.51 bits per heavy atom. The number of piperazine rings is 1. The molecular formula is C29H38N4O4. The lowest BCUT2D eigenvalue weighted by Gasteiger charge is -2.35. The molecule has 4 rings (SSSR count). The van der Waals surface area contributed by atoms with Gasteiger partial charge in [0.05, 0.1) is 12.6 Å². The number of fused-ring (bicyclic) bond motifs is 1. The van der Waals surface area contributed by atoms with Gasteiger partial charge in [0.1, 0.15) is 0 Å². The van der Waals surface area contributed by atoms with Crippen LogP contribution in [-0.4, -0.2) is 67.0 Å². The van der Waals surface area contributed by atoms with Crippen molar-refractivity contribution in [1.29, 1.82) is 0 Å². The number of nitrogens with one attached hydrogen (secondary N) is 2. The van der Waals surface area contributed by atoms with Crippen LogP contribution in [0.25, 0.3) is 0 Å². The molecule has 8 heteroatoms. The highest BCUT2D eigenvalue weighted by Gasteiger charge is 2.24. The molecule has 8 nitrogen and oxygen atoms in total. The van der Waals surface area contributed by atoms with Gasteiger partial charge in [-0.25, -0.2) is 4.79 Å². The predicted octanol–water partition coefficient (Wildman–Crippen LogP) is 4.23. The van der Waals surface area contributed by atoms with Crippen LogP contribution in [0.5, 0.6) is 0 Å². The maximum atomic E-state index is 13.1. The van der Waals surface area contributed by atoms with E-state index < -0.39 is 0 Å². The number of benzene rings is 2. The third-order valence-electron chi connectivity index (χ3n) is 6.92. The third kappa shape index (κ3) is 7.55. The van der Waals surface area contributed by atoms with Crippen LogP contribution < -0.4 is 10.6 Å². The van der Waals surface area contributed by atoms with Crippen molar-refractivity contribution < 1.29 is 19.1 Å². The van der Waals surface area contributed by atoms with Gasteiger partial charge in [0.2, 0.25) is 5.91 Å². The van der Waals surface area contributed by atoms with Crippen LogP contribution in [0.1, 0.15) is 60.6 Å². The molecular weight excluding hydrogens is 468 g/mol. The quantitative estimate of drug-likeness (QED) is 0.531. The van der Waals surface area contributed by atoms with Crippen molar-refractivity contribution in [3.05, 3.63) is 65.2 Å². The van der Waals surface area contributed by atoms with Gasteiger partial charge in [-0.1, -0.05) is 44.2 Å². The largest absolute Gasteiger partial charge is 0.449 e. The minimum absolute atomic E-state index is 0.0274. The Morgan fingerprint density at radius 2 is 1.78 bits per heavy atom. The molecule has 3 amide bonds. The summed E-state index contributed by atoms with van der Waals surface area (Å²) in [5.74, 6) is 0.369. The van der Waals surface area contributed by atoms with Crippen molar-refractivity contribution in [2.75, 3.05) is 44.6 Å². The van der Waals surface area contributed by atoms with E-state index in [0.29, 0.717) is 44.0 Å². The average molecular weight is 507 g/mol. The number of carbonyl (C=O) groups excluding carboxylic acids is 3. The molecule has 2 N–H and O–H groups in total. The van der Waals surface area contributed by atoms with Crippen LogP contribution in [-0.2, 0) is 16.0 Å². The molecule has 1 atom stereocenters. The minimum atomic E-state index is -0.376. The van der Waals surface area contributed by atoms with Crippen LogP contribution in [0.15, 0.2) is 48.5 Å². The molecule has 0 bridgehead atoms. The zero-order valence-electron chi connectivity index (χ0n) is 21.9. The first-order valence-electron chi connectivity index (χ1n) is 13.3. The van der Waals surface area contributed by atoms with Crippen molar-refractivity contribution in [2.45, 2.75) is 45.6 Å². The monoisotopic (exact) mass is 506 g/mol. The van der Waals surface area contributed by atoms with Gasteiger partial charge >= 0.3 is 6.09 Å². The number of carbonyl (C=O) groups is 3. The van der Waals surface area contributed by atoms with Gasteiger partial charge in [-0.3, -0.25) is 14.5 Å². The van der Waals surface area contributed by atoms with E-state index in [4.69, 9.17) is 4.74 Å². The summed E-state index contributed by atoms with van der Waals surface area (Å²) >= 11 is 0. The standard InChI is InChI=1S/C29H38N4O4/c1-21(2)20-37-29(36)31-25(22-7-4-3-5-8-22)9-6-14-32-15-17-33(18-16-32)28(35)24-10-12-26-23(19-24)11-13-27(34)30-26/h3-5,7-8,10,12,19,21,25H,6,9,11,13-18,20H2,1-2H3,(H,30,34)(H,31,36). The van der Waals surface area contributed by atoms with Crippen LogP contribution in [0, 0.1) is 5.92 Å². The molecule has 0 radical (unpaired) electrons. The SMILES string of the molecule is CC(C)COC(=O)NC(CCCN1CCN(C(=O)c2ccc3c(c2)CCC(=O)N3)CC1)c1ccccc1. The van der Waals surface area contributed by atoms with E-state index in [1.165, 1.54) is 0 Å². The van der Waals surface area contributed by atoms with Gasteiger partial charge < -0.3 is 20.3 Å². The highest BCUT2D eigenvalue weighted by molar-refractivity contribution is 5.98. The summed E-state index contributed by atoms with van der Waals surface area (Å²) in [5, 5.41) is 5.90. The van der Waals surface area contributed by atoms with Crippen molar-refractivity contribution in [3.63, 3.8) is 0 Å². The lowest BCUT2D eigenvalue weighted by molar-refractivity contribution is -0.116. The van der Waals surface area contributed by atoms with Crippen LogP contribution in [0.4, 0.5) is 10.5 Å². The van der Waals surface area contributed by atoms with E-state index in [9.17, 15) is 14.4 Å². The molecule has 2 heterocycles. The number of anilines is 1. The van der Waals surface area contributed by atoms with E-state index in [-0.39, 0.29) is 23.9 Å². The molecule has 0 aromatic heterocycles. The van der Waals surface area contributed by atoms with Gasteiger partial charge in [0.25, 0.3) is 5.91 Å². The van der Waals surface area contributed by atoms with Crippen LogP contribution in [0.3, 0.4) is 0 Å². The Morgan fingerprint density at radius 1 is 1.03 bits per heavy atom. The second-order valence-corrected chi connectivity index (χ2v) is 10.3. The van der Waals surface area contributed by atoms with Gasteiger partial charge in [-0.05, 0) is 61.1 Å². The molecule has 0 aliphatic carbocycles. The zero-order chi connectivity index (χ0) is 26.2. The summed E-state index contributed by atoms with van der Waals surface area (Å²) in [6, 6.07) is 15.5. The fraction of sp³-hybridized carbons (Fsp3) is 0.483. The normalized spacial score (nSPS) is 16.6. The highest BCUT2D eigenvalue weighted by atomic mass is 16.5. The molecule has 2 aromatic rings. The van der Waals surface area contributed by atoms with E-state index in [2.05, 4.69) is 15.5 Å². The molecule has 1 saturated heterocycles. The smallest absolute Gasteiger partial charge is 0.407 e. The molecule has 37 heavy (non-hydrogen) atoms. The van der Waals surface area contributed by atoms with E-state index in [1.807, 2.05) is 67.3 Å². The third-order valence-corrected chi connectivity index (χ3v) is 6.92. The van der Waals surface area contributed by atoms with E-state index in [0.717, 1.165) is 49.3 Å². The molecule has 2 aliphatic heterocycles. The number of hydrogen-bond donors (Lipinski definition) is 2. The van der Waals surface area contributed by atoms with Crippen molar-refractivity contribution >= 4 is 23.6 Å². The molecule has 0 spiro atoms. The topological polar surface area (TPSA) is 91.0 Å². The molecule has 1 unspecified atom stereocenters. The van der Waals surface area contributed by atoms with Gasteiger partial charge in [0.15, 0.2) is 0 Å². The van der Waals surface area contributed by atoms with E-state index in [1.54, 1.807) is 0 Å². The van der Waals surface area contributed by atoms with Crippen molar-refractivity contribution in [2.24, 2.45) is 5.92 Å². The second-order valence-electron chi connectivity index (χ2n) is 10.3. The number of ether oxygens (including phenoxy) is 1.